The van der Waals surface area contributed by atoms with E-state index in [-0.39, 0.29) is 64.6 Å². The molecule has 0 rings (SSSR count). The molecule has 0 aliphatic carbocycles. The molecular formula is Na2O5Si2. The second-order valence-corrected chi connectivity index (χ2v) is 0.500. The quantitative estimate of drug-likeness (QED) is 0.347. The van der Waals surface area contributed by atoms with Crippen LogP contribution < -0.4 is 59.1 Å². The van der Waals surface area contributed by atoms with Crippen molar-refractivity contribution in [2.75, 3.05) is 0 Å². The largest absolute Gasteiger partial charge is 2.00 e. The molecule has 9 heteroatoms. The Morgan fingerprint density at radius 1 is 0.667 bits per heavy atom. The van der Waals surface area contributed by atoms with Crippen LogP contribution >= 0.6 is 0 Å². The third-order valence-electron chi connectivity index (χ3n) is 0. The molecule has 40 valence electrons. The van der Waals surface area contributed by atoms with Gasteiger partial charge in [-0.2, -0.15) is 0 Å². The van der Waals surface area contributed by atoms with Crippen LogP contribution in [0.15, 0.2) is 0 Å². The molecule has 0 unspecified atom stereocenters. The van der Waals surface area contributed by atoms with Crippen molar-refractivity contribution < 1.29 is 82.4 Å². The maximum Gasteiger partial charge on any atom is 1.00 e. The van der Waals surface area contributed by atoms with Crippen LogP contribution in [0, 0.1) is 0 Å². The Kier molecular flexibility index (Phi) is 190. The van der Waals surface area contributed by atoms with Crippen molar-refractivity contribution in [3.63, 3.8) is 0 Å². The van der Waals surface area contributed by atoms with Crippen LogP contribution in [0.25, 0.3) is 0 Å². The van der Waals surface area contributed by atoms with E-state index in [0.717, 1.165) is 0 Å². The van der Waals surface area contributed by atoms with Gasteiger partial charge in [0.25, 0.3) is 0 Å². The van der Waals surface area contributed by atoms with E-state index in [9.17, 15) is 0 Å². The van der Waals surface area contributed by atoms with Crippen molar-refractivity contribution >= 4 is 18.6 Å². The summed E-state index contributed by atoms with van der Waals surface area (Å²) < 4.78 is 33.6. The molecular weight excluding hydrogens is 182 g/mol. The maximum absolute atomic E-state index is 8.40. The third kappa shape index (κ3) is 218. The van der Waals surface area contributed by atoms with Gasteiger partial charge in [0.05, 0.1) is 0 Å². The molecule has 0 atom stereocenters. The molecule has 0 radical (unpaired) electrons. The molecule has 0 amide bonds. The van der Waals surface area contributed by atoms with Crippen LogP contribution in [0.2, 0.25) is 0 Å². The summed E-state index contributed by atoms with van der Waals surface area (Å²) in [7, 11) is -2.83. The van der Waals surface area contributed by atoms with Gasteiger partial charge in [0.2, 0.25) is 0 Å². The van der Waals surface area contributed by atoms with E-state index < -0.39 is 18.6 Å². The molecule has 0 saturated heterocycles. The third-order valence-corrected chi connectivity index (χ3v) is 0. The maximum atomic E-state index is 8.40. The average molecular weight is 182 g/mol. The fourth-order valence-electron chi connectivity index (χ4n) is 0. The van der Waals surface area contributed by atoms with E-state index in [1.807, 2.05) is 0 Å². The Bertz CT molecular complexity index is 67.0. The van der Waals surface area contributed by atoms with Gasteiger partial charge in [-0.3, -0.25) is 17.8 Å². The molecule has 0 saturated carbocycles. The monoisotopic (exact) mass is 182 g/mol. The van der Waals surface area contributed by atoms with Crippen LogP contribution in [0.1, 0.15) is 0 Å². The molecule has 0 bridgehead atoms. The van der Waals surface area contributed by atoms with Gasteiger partial charge in [-0.1, -0.05) is 0 Å². The normalized spacial score (nSPS) is 1.78. The summed E-state index contributed by atoms with van der Waals surface area (Å²) in [5.41, 5.74) is 0. The molecule has 0 aromatic carbocycles. The van der Waals surface area contributed by atoms with Gasteiger partial charge in [0.1, 0.15) is 0 Å². The van der Waals surface area contributed by atoms with Gasteiger partial charge in [-0.25, -0.2) is 0 Å². The zero-order valence-electron chi connectivity index (χ0n) is 5.04. The Morgan fingerprint density at radius 2 is 0.667 bits per heavy atom. The minimum atomic E-state index is -1.42. The molecule has 0 spiro atoms. The van der Waals surface area contributed by atoms with Gasteiger partial charge in [0, 0.05) is 0 Å². The van der Waals surface area contributed by atoms with Crippen molar-refractivity contribution in [1.29, 1.82) is 0 Å². The second kappa shape index (κ2) is 54.9. The molecule has 9 heavy (non-hydrogen) atoms. The fraction of sp³-hybridized carbons (Fsp3) is 0. The summed E-state index contributed by atoms with van der Waals surface area (Å²) in [6.45, 7) is 0. The van der Waals surface area contributed by atoms with Crippen LogP contribution in [0.5, 0.6) is 0 Å². The van der Waals surface area contributed by atoms with E-state index in [0.29, 0.717) is 0 Å². The minimum absolute atomic E-state index is 0. The number of hydrogen-bond donors (Lipinski definition) is 0. The van der Waals surface area contributed by atoms with Crippen LogP contribution in [-0.2, 0) is 23.3 Å². The predicted molar refractivity (Wildman–Crippen MR) is 14.9 cm³/mol. The van der Waals surface area contributed by atoms with E-state index in [4.69, 9.17) is 17.8 Å². The van der Waals surface area contributed by atoms with E-state index in [1.165, 1.54) is 0 Å². The average Bonchev–Trinajstić information content (AvgIpc) is 1.39. The summed E-state index contributed by atoms with van der Waals surface area (Å²) in [6, 6.07) is 0. The first-order chi connectivity index (χ1) is 2.83. The van der Waals surface area contributed by atoms with Gasteiger partial charge in [-0.05, 0) is 0 Å². The molecule has 0 fully saturated rings. The Balaban J connectivity index is -0.00000000889. The summed E-state index contributed by atoms with van der Waals surface area (Å²) >= 11 is 0. The summed E-state index contributed by atoms with van der Waals surface area (Å²) in [6.07, 6.45) is 0. The van der Waals surface area contributed by atoms with Gasteiger partial charge in [-0.15, -0.1) is 0 Å². The van der Waals surface area contributed by atoms with Crippen molar-refractivity contribution in [2.45, 2.75) is 0 Å². The Labute approximate surface area is 99.7 Å². The topological polar surface area (TPSA) is 96.8 Å². The summed E-state index contributed by atoms with van der Waals surface area (Å²) in [5, 5.41) is 0. The van der Waals surface area contributed by atoms with Crippen LogP contribution in [-0.4, -0.2) is 18.6 Å². The SMILES string of the molecule is O=[Si]=O.O=[Si]=O.[Na+].[Na+].[O-2]. The van der Waals surface area contributed by atoms with Crippen molar-refractivity contribution in [3.05, 3.63) is 0 Å². The van der Waals surface area contributed by atoms with Gasteiger partial charge >= 0.3 is 77.7 Å². The summed E-state index contributed by atoms with van der Waals surface area (Å²) in [4.78, 5) is 0. The molecule has 0 aromatic heterocycles. The molecule has 0 heterocycles. The Morgan fingerprint density at radius 3 is 0.667 bits per heavy atom. The number of rotatable bonds is 0. The zero-order chi connectivity index (χ0) is 5.41. The van der Waals surface area contributed by atoms with E-state index >= 15 is 0 Å². The minimum Gasteiger partial charge on any atom is -2.00 e. The smallest absolute Gasteiger partial charge is 1.00 e. The van der Waals surface area contributed by atoms with Gasteiger partial charge < -0.3 is 5.48 Å². The molecule has 0 aliphatic rings. The zero-order valence-corrected chi connectivity index (χ0v) is 11.0. The first-order valence-electron chi connectivity index (χ1n) is 0.816. The summed E-state index contributed by atoms with van der Waals surface area (Å²) in [5.74, 6) is 0. The number of hydrogen-bond acceptors (Lipinski definition) is 4. The molecule has 0 aromatic rings. The van der Waals surface area contributed by atoms with Crippen LogP contribution in [0.4, 0.5) is 0 Å². The standard InChI is InChI=1S/2Na.2O2Si.O/c;;2*1-3-2;/q2*+1;;;-2. The first-order valence-corrected chi connectivity index (χ1v) is 2.45. The van der Waals surface area contributed by atoms with Crippen LogP contribution in [0.3, 0.4) is 0 Å². The van der Waals surface area contributed by atoms with Crippen molar-refractivity contribution in [3.8, 4) is 0 Å². The Hall–Kier alpha value is 1.59. The van der Waals surface area contributed by atoms with Crippen molar-refractivity contribution in [1.82, 2.24) is 0 Å². The second-order valence-electron chi connectivity index (χ2n) is 0.167. The molecule has 0 N–H and O–H groups in total. The van der Waals surface area contributed by atoms with E-state index in [2.05, 4.69) is 0 Å². The molecule has 5 nitrogen and oxygen atoms in total. The fourth-order valence-corrected chi connectivity index (χ4v) is 0. The predicted octanol–water partition coefficient (Wildman–Crippen LogP) is -7.35. The first kappa shape index (κ1) is 31.2. The van der Waals surface area contributed by atoms with Gasteiger partial charge in [0.15, 0.2) is 0 Å². The van der Waals surface area contributed by atoms with E-state index in [1.54, 1.807) is 0 Å². The van der Waals surface area contributed by atoms with Crippen molar-refractivity contribution in [2.24, 2.45) is 0 Å². The molecule has 0 aliphatic heterocycles.